The number of rotatable bonds is 6. The van der Waals surface area contributed by atoms with Gasteiger partial charge in [0.15, 0.2) is 5.17 Å². The van der Waals surface area contributed by atoms with Crippen molar-refractivity contribution >= 4 is 40.2 Å². The van der Waals surface area contributed by atoms with E-state index in [1.807, 2.05) is 43.9 Å². The van der Waals surface area contributed by atoms with Gasteiger partial charge in [-0.25, -0.2) is 14.2 Å². The van der Waals surface area contributed by atoms with Gasteiger partial charge in [0.2, 0.25) is 0 Å². The second-order valence-corrected chi connectivity index (χ2v) is 9.45. The number of amidine groups is 1. The second kappa shape index (κ2) is 10.9. The highest BCUT2D eigenvalue weighted by molar-refractivity contribution is 8.13. The third-order valence-corrected chi connectivity index (χ3v) is 7.16. The maximum Gasteiger partial charge on any atom is 0.323 e. The molecular weight excluding hydrogens is 465 g/mol. The zero-order valence-corrected chi connectivity index (χ0v) is 21.0. The average molecular weight is 496 g/mol. The summed E-state index contributed by atoms with van der Waals surface area (Å²) in [7, 11) is 0. The van der Waals surface area contributed by atoms with Crippen LogP contribution in [-0.4, -0.2) is 52.3 Å². The number of hydrogen-bond acceptors (Lipinski definition) is 5. The maximum atomic E-state index is 13.6. The minimum absolute atomic E-state index is 0.0157. The number of nitrogens with one attached hydrogen (secondary N) is 2. The molecule has 0 saturated carbocycles. The van der Waals surface area contributed by atoms with E-state index in [4.69, 9.17) is 4.99 Å². The molecule has 35 heavy (non-hydrogen) atoms. The van der Waals surface area contributed by atoms with Crippen LogP contribution in [0, 0.1) is 5.82 Å². The summed E-state index contributed by atoms with van der Waals surface area (Å²) in [4.78, 5) is 34.9. The molecule has 0 radical (unpaired) electrons. The van der Waals surface area contributed by atoms with Gasteiger partial charge in [-0.05, 0) is 63.1 Å². The monoisotopic (exact) mass is 495 g/mol. The summed E-state index contributed by atoms with van der Waals surface area (Å²) in [5.74, 6) is 0.556. The van der Waals surface area contributed by atoms with E-state index in [-0.39, 0.29) is 11.9 Å². The van der Waals surface area contributed by atoms with Gasteiger partial charge < -0.3 is 20.4 Å². The first-order chi connectivity index (χ1) is 16.9. The van der Waals surface area contributed by atoms with E-state index >= 15 is 0 Å². The van der Waals surface area contributed by atoms with Crippen molar-refractivity contribution in [3.05, 3.63) is 71.2 Å². The largest absolute Gasteiger partial charge is 0.340 e. The molecule has 2 aromatic carbocycles. The molecule has 0 aromatic heterocycles. The molecule has 1 fully saturated rings. The fourth-order valence-electron chi connectivity index (χ4n) is 4.42. The Hall–Kier alpha value is -3.33. The fraction of sp³-hybridized carbons (Fsp3) is 0.346. The number of benzene rings is 2. The van der Waals surface area contributed by atoms with Crippen LogP contribution in [-0.2, 0) is 4.79 Å². The summed E-state index contributed by atoms with van der Waals surface area (Å²) >= 11 is 1.71. The molecule has 0 unspecified atom stereocenters. The molecule has 2 aliphatic rings. The normalized spacial score (nSPS) is 17.4. The molecule has 7 nitrogen and oxygen atoms in total. The summed E-state index contributed by atoms with van der Waals surface area (Å²) in [6, 6.07) is 12.5. The minimum atomic E-state index is -0.474. The van der Waals surface area contributed by atoms with Crippen LogP contribution in [0.1, 0.15) is 38.8 Å². The Morgan fingerprint density at radius 1 is 1.11 bits per heavy atom. The number of amides is 3. The minimum Gasteiger partial charge on any atom is -0.340 e. The number of halogens is 1. The van der Waals surface area contributed by atoms with E-state index in [2.05, 4.69) is 15.5 Å². The number of allylic oxidation sites excluding steroid dienone is 1. The highest BCUT2D eigenvalue weighted by Gasteiger charge is 2.38. The number of thioether (sulfide) groups is 1. The Balaban J connectivity index is 1.64. The van der Waals surface area contributed by atoms with Gasteiger partial charge in [-0.3, -0.25) is 4.79 Å². The zero-order chi connectivity index (χ0) is 24.9. The van der Waals surface area contributed by atoms with Crippen LogP contribution in [0.15, 0.2) is 64.8 Å². The van der Waals surface area contributed by atoms with Crippen molar-refractivity contribution in [2.24, 2.45) is 4.99 Å². The highest BCUT2D eigenvalue weighted by atomic mass is 32.2. The number of fused-ring (bicyclic) bond motifs is 1. The summed E-state index contributed by atoms with van der Waals surface area (Å²) in [5, 5.41) is 6.40. The number of likely N-dealkylation sites (N-methyl/N-ethyl adjacent to an activating group) is 1. The van der Waals surface area contributed by atoms with E-state index in [1.165, 1.54) is 18.2 Å². The first kappa shape index (κ1) is 24.8. The SMILES string of the molecule is CCN(CC)C(=O)C1=C(C)N=C2SCCCN2[C@@H]1c1cccc(NC(=O)Nc2cccc(F)c2)c1. The topological polar surface area (TPSA) is 77.0 Å². The molecule has 0 spiro atoms. The van der Waals surface area contributed by atoms with Crippen LogP contribution in [0.25, 0.3) is 0 Å². The standard InChI is InChI=1S/C26H30FN5O2S/c1-4-31(5-2)24(33)22-17(3)28-26-32(13-8-14-35-26)23(22)18-9-6-11-20(15-18)29-25(34)30-21-12-7-10-19(27)16-21/h6-7,9-12,15-16,23H,4-5,8,13-14H2,1-3H3,(H2,29,30,34)/t23-/m1/s1. The summed E-state index contributed by atoms with van der Waals surface area (Å²) in [5.41, 5.74) is 3.24. The summed E-state index contributed by atoms with van der Waals surface area (Å²) in [6.45, 7) is 7.89. The van der Waals surface area contributed by atoms with Crippen molar-refractivity contribution < 1.29 is 14.0 Å². The lowest BCUT2D eigenvalue weighted by Crippen LogP contribution is -2.45. The lowest BCUT2D eigenvalue weighted by Gasteiger charge is -2.41. The van der Waals surface area contributed by atoms with Crippen molar-refractivity contribution in [2.45, 2.75) is 33.2 Å². The average Bonchev–Trinajstić information content (AvgIpc) is 2.84. The van der Waals surface area contributed by atoms with E-state index in [0.29, 0.717) is 30.0 Å². The number of carbonyl (C=O) groups excluding carboxylic acids is 2. The van der Waals surface area contributed by atoms with Crippen molar-refractivity contribution in [3.63, 3.8) is 0 Å². The van der Waals surface area contributed by atoms with Crippen LogP contribution >= 0.6 is 11.8 Å². The van der Waals surface area contributed by atoms with E-state index in [1.54, 1.807) is 23.9 Å². The number of urea groups is 1. The molecule has 184 valence electrons. The van der Waals surface area contributed by atoms with Gasteiger partial charge in [-0.2, -0.15) is 0 Å². The van der Waals surface area contributed by atoms with Crippen LogP contribution in [0.4, 0.5) is 20.6 Å². The van der Waals surface area contributed by atoms with Crippen molar-refractivity contribution in [1.29, 1.82) is 0 Å². The Kier molecular flexibility index (Phi) is 7.75. The molecule has 2 heterocycles. The molecule has 0 bridgehead atoms. The Morgan fingerprint density at radius 3 is 2.49 bits per heavy atom. The van der Waals surface area contributed by atoms with E-state index in [0.717, 1.165) is 35.1 Å². The van der Waals surface area contributed by atoms with Gasteiger partial charge >= 0.3 is 6.03 Å². The smallest absolute Gasteiger partial charge is 0.323 e. The van der Waals surface area contributed by atoms with Crippen molar-refractivity contribution in [1.82, 2.24) is 9.80 Å². The van der Waals surface area contributed by atoms with Gasteiger partial charge in [0.05, 0.1) is 17.3 Å². The van der Waals surface area contributed by atoms with Crippen molar-refractivity contribution in [3.8, 4) is 0 Å². The van der Waals surface area contributed by atoms with Crippen molar-refractivity contribution in [2.75, 3.05) is 36.0 Å². The quantitative estimate of drug-likeness (QED) is 0.558. The first-order valence-corrected chi connectivity index (χ1v) is 12.8. The van der Waals surface area contributed by atoms with Crippen LogP contribution in [0.2, 0.25) is 0 Å². The van der Waals surface area contributed by atoms with Crippen LogP contribution in [0.5, 0.6) is 0 Å². The van der Waals surface area contributed by atoms with Gasteiger partial charge in [0.25, 0.3) is 5.91 Å². The molecular formula is C26H30FN5O2S. The second-order valence-electron chi connectivity index (χ2n) is 8.38. The molecule has 2 N–H and O–H groups in total. The molecule has 3 amide bonds. The number of aliphatic imine (C=N–C) groups is 1. The Labute approximate surface area is 209 Å². The molecule has 2 aromatic rings. The predicted molar refractivity (Wildman–Crippen MR) is 140 cm³/mol. The van der Waals surface area contributed by atoms with E-state index < -0.39 is 11.8 Å². The van der Waals surface area contributed by atoms with Gasteiger partial charge in [0, 0.05) is 36.8 Å². The number of anilines is 2. The lowest BCUT2D eigenvalue weighted by atomic mass is 9.93. The van der Waals surface area contributed by atoms with Gasteiger partial charge in [0.1, 0.15) is 5.82 Å². The Bertz CT molecular complexity index is 1180. The molecule has 2 aliphatic heterocycles. The van der Waals surface area contributed by atoms with Crippen LogP contribution in [0.3, 0.4) is 0 Å². The summed E-state index contributed by atoms with van der Waals surface area (Å²) in [6.07, 6.45) is 1.000. The third-order valence-electron chi connectivity index (χ3n) is 6.08. The molecule has 0 aliphatic carbocycles. The predicted octanol–water partition coefficient (Wildman–Crippen LogP) is 5.46. The molecule has 4 rings (SSSR count). The third kappa shape index (κ3) is 5.51. The molecule has 1 atom stereocenters. The van der Waals surface area contributed by atoms with Gasteiger partial charge in [-0.1, -0.05) is 30.0 Å². The lowest BCUT2D eigenvalue weighted by molar-refractivity contribution is -0.127. The first-order valence-electron chi connectivity index (χ1n) is 11.8. The highest BCUT2D eigenvalue weighted by Crippen LogP contribution is 2.40. The summed E-state index contributed by atoms with van der Waals surface area (Å²) < 4.78 is 13.5. The number of hydrogen-bond donors (Lipinski definition) is 2. The number of nitrogens with zero attached hydrogens (tertiary/aromatic N) is 3. The molecule has 9 heteroatoms. The van der Waals surface area contributed by atoms with Crippen LogP contribution < -0.4 is 10.6 Å². The number of carbonyl (C=O) groups is 2. The Morgan fingerprint density at radius 2 is 1.80 bits per heavy atom. The fourth-order valence-corrected chi connectivity index (χ4v) is 5.44. The van der Waals surface area contributed by atoms with Gasteiger partial charge in [-0.15, -0.1) is 0 Å². The van der Waals surface area contributed by atoms with E-state index in [9.17, 15) is 14.0 Å². The zero-order valence-electron chi connectivity index (χ0n) is 20.2. The maximum absolute atomic E-state index is 13.6. The molecule has 1 saturated heterocycles.